The normalized spacial score (nSPS) is 14.9. The summed E-state index contributed by atoms with van der Waals surface area (Å²) in [4.78, 5) is 24.0. The fourth-order valence-corrected chi connectivity index (χ4v) is 4.20. The number of carbonyl (C=O) groups is 1. The molecule has 0 radical (unpaired) electrons. The van der Waals surface area contributed by atoms with E-state index in [0.717, 1.165) is 56.4 Å². The number of hydrogen-bond donors (Lipinski definition) is 0. The second-order valence-electron chi connectivity index (χ2n) is 6.93. The summed E-state index contributed by atoms with van der Waals surface area (Å²) in [5, 5.41) is 3.06. The molecule has 146 valence electrons. The van der Waals surface area contributed by atoms with Crippen LogP contribution in [0.3, 0.4) is 0 Å². The number of anilines is 2. The fraction of sp³-hybridized carbons (Fsp3) is 0.524. The maximum atomic E-state index is 12.9. The van der Waals surface area contributed by atoms with Gasteiger partial charge in [-0.2, -0.15) is 0 Å². The lowest BCUT2D eigenvalue weighted by molar-refractivity contribution is 0.0767. The molecule has 2 heterocycles. The second kappa shape index (κ2) is 9.74. The molecule has 1 saturated heterocycles. The molecule has 0 saturated carbocycles. The summed E-state index contributed by atoms with van der Waals surface area (Å²) in [5.74, 6) is 0.138. The SMILES string of the molecule is CCCCN(CC)c1ccc(C(=O)N2CCCN(c3nccs3)CC2)cc1. The van der Waals surface area contributed by atoms with E-state index < -0.39 is 0 Å². The number of thiazole rings is 1. The molecule has 1 amide bonds. The van der Waals surface area contributed by atoms with Gasteiger partial charge in [0.25, 0.3) is 5.91 Å². The van der Waals surface area contributed by atoms with E-state index in [-0.39, 0.29) is 5.91 Å². The van der Waals surface area contributed by atoms with Gasteiger partial charge in [0.15, 0.2) is 5.13 Å². The monoisotopic (exact) mass is 386 g/mol. The molecule has 1 aromatic carbocycles. The zero-order chi connectivity index (χ0) is 19.1. The van der Waals surface area contributed by atoms with Gasteiger partial charge in [-0.3, -0.25) is 4.79 Å². The number of aromatic nitrogens is 1. The second-order valence-corrected chi connectivity index (χ2v) is 7.80. The molecule has 5 nitrogen and oxygen atoms in total. The van der Waals surface area contributed by atoms with E-state index in [4.69, 9.17) is 0 Å². The first kappa shape index (κ1) is 19.7. The van der Waals surface area contributed by atoms with Crippen molar-refractivity contribution in [3.63, 3.8) is 0 Å². The smallest absolute Gasteiger partial charge is 0.253 e. The van der Waals surface area contributed by atoms with Crippen LogP contribution in [0, 0.1) is 0 Å². The van der Waals surface area contributed by atoms with Crippen molar-refractivity contribution < 1.29 is 4.79 Å². The molecule has 2 aromatic rings. The highest BCUT2D eigenvalue weighted by Gasteiger charge is 2.21. The molecule has 27 heavy (non-hydrogen) atoms. The number of nitrogens with zero attached hydrogens (tertiary/aromatic N) is 4. The van der Waals surface area contributed by atoms with Crippen LogP contribution in [0.5, 0.6) is 0 Å². The number of unbranched alkanes of at least 4 members (excludes halogenated alkanes) is 1. The zero-order valence-electron chi connectivity index (χ0n) is 16.4. The summed E-state index contributed by atoms with van der Waals surface area (Å²) >= 11 is 1.66. The van der Waals surface area contributed by atoms with E-state index in [2.05, 4.69) is 40.8 Å². The van der Waals surface area contributed by atoms with Gasteiger partial charge in [0.1, 0.15) is 0 Å². The van der Waals surface area contributed by atoms with Gasteiger partial charge < -0.3 is 14.7 Å². The first-order valence-corrected chi connectivity index (χ1v) is 10.9. The highest BCUT2D eigenvalue weighted by molar-refractivity contribution is 7.13. The molecule has 0 aliphatic carbocycles. The third-order valence-electron chi connectivity index (χ3n) is 5.12. The predicted octanol–water partition coefficient (Wildman–Crippen LogP) is 4.12. The topological polar surface area (TPSA) is 39.7 Å². The standard InChI is InChI=1S/C21H30N4OS/c1-3-5-12-23(4-2)19-9-7-18(8-10-19)20(26)24-13-6-14-25(16-15-24)21-22-11-17-27-21/h7-11,17H,3-6,12-16H2,1-2H3. The Hall–Kier alpha value is -2.08. The summed E-state index contributed by atoms with van der Waals surface area (Å²) < 4.78 is 0. The van der Waals surface area contributed by atoms with Crippen LogP contribution in [0.2, 0.25) is 0 Å². The Morgan fingerprint density at radius 2 is 1.96 bits per heavy atom. The third kappa shape index (κ3) is 5.01. The van der Waals surface area contributed by atoms with Crippen molar-refractivity contribution in [1.82, 2.24) is 9.88 Å². The summed E-state index contributed by atoms with van der Waals surface area (Å²) in [7, 11) is 0. The quantitative estimate of drug-likeness (QED) is 0.718. The Bertz CT molecular complexity index is 701. The number of rotatable bonds is 7. The molecule has 0 bridgehead atoms. The first-order valence-electron chi connectivity index (χ1n) is 10.0. The van der Waals surface area contributed by atoms with E-state index in [0.29, 0.717) is 0 Å². The zero-order valence-corrected chi connectivity index (χ0v) is 17.2. The molecular weight excluding hydrogens is 356 g/mol. The molecule has 0 unspecified atom stereocenters. The summed E-state index contributed by atoms with van der Waals surface area (Å²) in [6, 6.07) is 8.14. The van der Waals surface area contributed by atoms with E-state index in [1.807, 2.05) is 28.6 Å². The molecule has 0 atom stereocenters. The van der Waals surface area contributed by atoms with Crippen molar-refractivity contribution in [3.8, 4) is 0 Å². The van der Waals surface area contributed by atoms with Crippen molar-refractivity contribution in [2.75, 3.05) is 49.1 Å². The molecular formula is C21H30N4OS. The molecule has 0 spiro atoms. The van der Waals surface area contributed by atoms with Crippen LogP contribution in [0.1, 0.15) is 43.5 Å². The minimum atomic E-state index is 0.138. The Balaban J connectivity index is 1.61. The van der Waals surface area contributed by atoms with Crippen LogP contribution in [0.15, 0.2) is 35.8 Å². The lowest BCUT2D eigenvalue weighted by Gasteiger charge is -2.24. The van der Waals surface area contributed by atoms with E-state index in [1.165, 1.54) is 18.5 Å². The molecule has 1 fully saturated rings. The van der Waals surface area contributed by atoms with Gasteiger partial charge in [-0.15, -0.1) is 11.3 Å². The summed E-state index contributed by atoms with van der Waals surface area (Å²) in [5.41, 5.74) is 1.99. The Morgan fingerprint density at radius 1 is 1.15 bits per heavy atom. The largest absolute Gasteiger partial charge is 0.372 e. The van der Waals surface area contributed by atoms with Crippen LogP contribution in [-0.2, 0) is 0 Å². The number of carbonyl (C=O) groups excluding carboxylic acids is 1. The number of amides is 1. The highest BCUT2D eigenvalue weighted by Crippen LogP contribution is 2.21. The predicted molar refractivity (Wildman–Crippen MR) is 114 cm³/mol. The van der Waals surface area contributed by atoms with Gasteiger partial charge in [-0.05, 0) is 44.0 Å². The first-order chi connectivity index (χ1) is 13.2. The average Bonchev–Trinajstić information content (AvgIpc) is 3.13. The molecule has 1 aliphatic heterocycles. The van der Waals surface area contributed by atoms with Gasteiger partial charge in [0.2, 0.25) is 0 Å². The molecule has 0 N–H and O–H groups in total. The van der Waals surface area contributed by atoms with E-state index in [9.17, 15) is 4.79 Å². The van der Waals surface area contributed by atoms with Crippen LogP contribution in [0.25, 0.3) is 0 Å². The molecule has 3 rings (SSSR count). The van der Waals surface area contributed by atoms with Crippen molar-refractivity contribution in [2.45, 2.75) is 33.1 Å². The number of hydrogen-bond acceptors (Lipinski definition) is 5. The lowest BCUT2D eigenvalue weighted by Crippen LogP contribution is -2.35. The maximum absolute atomic E-state index is 12.9. The molecule has 6 heteroatoms. The average molecular weight is 387 g/mol. The minimum Gasteiger partial charge on any atom is -0.372 e. The van der Waals surface area contributed by atoms with Gasteiger partial charge in [-0.1, -0.05) is 13.3 Å². The van der Waals surface area contributed by atoms with Crippen molar-refractivity contribution in [3.05, 3.63) is 41.4 Å². The Morgan fingerprint density at radius 3 is 2.63 bits per heavy atom. The number of benzene rings is 1. The van der Waals surface area contributed by atoms with Crippen LogP contribution >= 0.6 is 11.3 Å². The van der Waals surface area contributed by atoms with Gasteiger partial charge >= 0.3 is 0 Å². The highest BCUT2D eigenvalue weighted by atomic mass is 32.1. The van der Waals surface area contributed by atoms with Crippen molar-refractivity contribution >= 4 is 28.1 Å². The van der Waals surface area contributed by atoms with Crippen molar-refractivity contribution in [1.29, 1.82) is 0 Å². The van der Waals surface area contributed by atoms with Gasteiger partial charge in [0.05, 0.1) is 0 Å². The molecule has 1 aliphatic rings. The van der Waals surface area contributed by atoms with Crippen LogP contribution in [-0.4, -0.2) is 55.1 Å². The van der Waals surface area contributed by atoms with Crippen molar-refractivity contribution in [2.24, 2.45) is 0 Å². The van der Waals surface area contributed by atoms with Gasteiger partial charge in [-0.25, -0.2) is 4.98 Å². The summed E-state index contributed by atoms with van der Waals surface area (Å²) in [6.07, 6.45) is 5.21. The fourth-order valence-electron chi connectivity index (χ4n) is 3.50. The minimum absolute atomic E-state index is 0.138. The Kier molecular flexibility index (Phi) is 7.10. The summed E-state index contributed by atoms with van der Waals surface area (Å²) in [6.45, 7) is 9.81. The lowest BCUT2D eigenvalue weighted by atomic mass is 10.1. The van der Waals surface area contributed by atoms with E-state index >= 15 is 0 Å². The maximum Gasteiger partial charge on any atom is 0.253 e. The third-order valence-corrected chi connectivity index (χ3v) is 5.95. The Labute approximate surface area is 166 Å². The van der Waals surface area contributed by atoms with E-state index in [1.54, 1.807) is 11.3 Å². The van der Waals surface area contributed by atoms with Gasteiger partial charge in [0, 0.05) is 62.1 Å². The van der Waals surface area contributed by atoms with Crippen LogP contribution < -0.4 is 9.80 Å². The molecule has 1 aromatic heterocycles. The van der Waals surface area contributed by atoms with Crippen LogP contribution in [0.4, 0.5) is 10.8 Å².